The van der Waals surface area contributed by atoms with E-state index >= 15 is 0 Å². The van der Waals surface area contributed by atoms with E-state index in [9.17, 15) is 19.2 Å². The van der Waals surface area contributed by atoms with Crippen LogP contribution < -0.4 is 28.7 Å². The van der Waals surface area contributed by atoms with Crippen molar-refractivity contribution in [3.8, 4) is 0 Å². The lowest BCUT2D eigenvalue weighted by atomic mass is 10.1. The molecule has 0 aromatic rings. The van der Waals surface area contributed by atoms with Crippen LogP contribution in [0.4, 0.5) is 0 Å². The number of Topliss-reactive ketones (excluding diaryl/α,β-unsaturated/α-hetero) is 1. The first-order chi connectivity index (χ1) is 13.3. The molecule has 0 aliphatic carbocycles. The number of unbranched alkanes of at least 4 members (excludes halogenated alkanes) is 1. The van der Waals surface area contributed by atoms with E-state index in [0.717, 1.165) is 12.8 Å². The number of rotatable bonds is 12. The summed E-state index contributed by atoms with van der Waals surface area (Å²) in [7, 11) is 0. The Morgan fingerprint density at radius 3 is 1.59 bits per heavy atom. The molecule has 0 aromatic carbocycles. The first-order valence-electron chi connectivity index (χ1n) is 8.78. The van der Waals surface area contributed by atoms with Gasteiger partial charge < -0.3 is 44.0 Å². The van der Waals surface area contributed by atoms with Crippen molar-refractivity contribution in [1.82, 2.24) is 0 Å². The molecule has 2 unspecified atom stereocenters. The zero-order valence-corrected chi connectivity index (χ0v) is 16.6. The molecule has 0 aromatic heterocycles. The van der Waals surface area contributed by atoms with Gasteiger partial charge in [-0.15, -0.1) is 0 Å². The molecule has 0 rings (SSSR count). The SMILES string of the molecule is CC(=O)CC(=O)O.NC(N)=NCCCC(N)C(=O)O.NCCCCC(N)C(=O)O. The van der Waals surface area contributed by atoms with Crippen LogP contribution in [0.25, 0.3) is 0 Å². The largest absolute Gasteiger partial charge is 0.481 e. The molecule has 0 aliphatic rings. The first kappa shape index (κ1) is 30.9. The number of aliphatic imine (C=N–C) groups is 1. The fourth-order valence-electron chi connectivity index (χ4n) is 1.49. The zero-order chi connectivity index (χ0) is 23.4. The third-order valence-corrected chi connectivity index (χ3v) is 2.97. The highest BCUT2D eigenvalue weighted by Crippen LogP contribution is 1.97. The number of carbonyl (C=O) groups excluding carboxylic acids is 1. The van der Waals surface area contributed by atoms with Crippen LogP contribution in [-0.2, 0) is 19.2 Å². The average Bonchev–Trinajstić information content (AvgIpc) is 2.58. The maximum absolute atomic E-state index is 10.2. The molecule has 0 saturated carbocycles. The standard InChI is InChI=1S/C6H14N4O2.C6H14N2O2.C4H6O3/c7-4(5(11)12)2-1-3-10-6(8)9;7-4-2-1-3-5(8)6(9)10;1-3(5)2-4(6)7/h4H,1-3,7H2,(H,11,12)(H4,8,9,10);5H,1-4,7-8H2,(H,9,10);2H2,1H3,(H,6,7). The fourth-order valence-corrected chi connectivity index (χ4v) is 1.49. The normalized spacial score (nSPS) is 11.4. The molecule has 0 bridgehead atoms. The monoisotopic (exact) mass is 422 g/mol. The van der Waals surface area contributed by atoms with E-state index in [1.54, 1.807) is 0 Å². The highest BCUT2D eigenvalue weighted by atomic mass is 16.4. The van der Waals surface area contributed by atoms with Crippen molar-refractivity contribution in [3.63, 3.8) is 0 Å². The molecule has 2 atom stereocenters. The third kappa shape index (κ3) is 30.2. The van der Waals surface area contributed by atoms with Crippen molar-refractivity contribution < 1.29 is 34.5 Å². The van der Waals surface area contributed by atoms with E-state index < -0.39 is 30.0 Å². The molecule has 13 nitrogen and oxygen atoms in total. The molecule has 0 heterocycles. The van der Waals surface area contributed by atoms with Crippen LogP contribution in [0, 0.1) is 0 Å². The Kier molecular flexibility index (Phi) is 21.3. The number of nitrogens with zero attached hydrogens (tertiary/aromatic N) is 1. The van der Waals surface area contributed by atoms with Crippen LogP contribution in [0.3, 0.4) is 0 Å². The quantitative estimate of drug-likeness (QED) is 0.0735. The lowest BCUT2D eigenvalue weighted by Gasteiger charge is -2.03. The van der Waals surface area contributed by atoms with E-state index in [4.69, 9.17) is 44.0 Å². The predicted octanol–water partition coefficient (Wildman–Crippen LogP) is -1.97. The first-order valence-corrected chi connectivity index (χ1v) is 8.78. The number of carbonyl (C=O) groups is 4. The van der Waals surface area contributed by atoms with Crippen LogP contribution in [-0.4, -0.2) is 70.1 Å². The Morgan fingerprint density at radius 2 is 1.31 bits per heavy atom. The van der Waals surface area contributed by atoms with Crippen LogP contribution in [0.5, 0.6) is 0 Å². The van der Waals surface area contributed by atoms with Crippen molar-refractivity contribution >= 4 is 29.7 Å². The summed E-state index contributed by atoms with van der Waals surface area (Å²) in [5.74, 6) is -3.30. The van der Waals surface area contributed by atoms with Crippen molar-refractivity contribution in [2.75, 3.05) is 13.1 Å². The lowest BCUT2D eigenvalue weighted by molar-refractivity contribution is -0.140. The van der Waals surface area contributed by atoms with Gasteiger partial charge in [0.15, 0.2) is 5.96 Å². The maximum atomic E-state index is 10.2. The summed E-state index contributed by atoms with van der Waals surface area (Å²) >= 11 is 0. The summed E-state index contributed by atoms with van der Waals surface area (Å²) in [6.45, 7) is 2.27. The van der Waals surface area contributed by atoms with Gasteiger partial charge in [-0.2, -0.15) is 0 Å². The number of aliphatic carboxylic acids is 3. The average molecular weight is 422 g/mol. The zero-order valence-electron chi connectivity index (χ0n) is 16.6. The van der Waals surface area contributed by atoms with E-state index in [1.807, 2.05) is 0 Å². The van der Waals surface area contributed by atoms with Crippen molar-refractivity contribution in [1.29, 1.82) is 0 Å². The van der Waals surface area contributed by atoms with E-state index in [1.165, 1.54) is 6.92 Å². The summed E-state index contributed by atoms with van der Waals surface area (Å²) < 4.78 is 0. The molecule has 0 saturated heterocycles. The summed E-state index contributed by atoms with van der Waals surface area (Å²) in [5.41, 5.74) is 25.7. The van der Waals surface area contributed by atoms with Crippen molar-refractivity contribution in [3.05, 3.63) is 0 Å². The molecule has 0 spiro atoms. The third-order valence-electron chi connectivity index (χ3n) is 2.97. The Hall–Kier alpha value is -2.77. The van der Waals surface area contributed by atoms with Gasteiger partial charge in [-0.1, -0.05) is 6.42 Å². The molecule has 0 amide bonds. The smallest absolute Gasteiger partial charge is 0.320 e. The Balaban J connectivity index is -0.000000362. The van der Waals surface area contributed by atoms with Crippen LogP contribution >= 0.6 is 0 Å². The molecule has 13 heteroatoms. The predicted molar refractivity (Wildman–Crippen MR) is 107 cm³/mol. The van der Waals surface area contributed by atoms with Crippen LogP contribution in [0.15, 0.2) is 4.99 Å². The summed E-state index contributed by atoms with van der Waals surface area (Å²) in [6.07, 6.45) is 2.76. The molecule has 0 fully saturated rings. The second-order valence-electron chi connectivity index (χ2n) is 5.90. The van der Waals surface area contributed by atoms with Gasteiger partial charge in [-0.25, -0.2) is 0 Å². The minimum absolute atomic E-state index is 0.0129. The molecule has 29 heavy (non-hydrogen) atoms. The minimum Gasteiger partial charge on any atom is -0.481 e. The van der Waals surface area contributed by atoms with Gasteiger partial charge in [0.05, 0.1) is 0 Å². The number of nitrogens with two attached hydrogens (primary N) is 5. The maximum Gasteiger partial charge on any atom is 0.320 e. The summed E-state index contributed by atoms with van der Waals surface area (Å²) in [6, 6.07) is -1.54. The molecule has 0 aliphatic heterocycles. The summed E-state index contributed by atoms with van der Waals surface area (Å²) in [4.78, 5) is 43.5. The van der Waals surface area contributed by atoms with Crippen LogP contribution in [0.1, 0.15) is 45.4 Å². The summed E-state index contributed by atoms with van der Waals surface area (Å²) in [5, 5.41) is 24.6. The number of carboxylic acids is 3. The van der Waals surface area contributed by atoms with Crippen molar-refractivity contribution in [2.24, 2.45) is 33.7 Å². The van der Waals surface area contributed by atoms with Gasteiger partial charge in [0.1, 0.15) is 24.3 Å². The Morgan fingerprint density at radius 1 is 0.862 bits per heavy atom. The molecular formula is C16H34N6O7. The van der Waals surface area contributed by atoms with E-state index in [2.05, 4.69) is 4.99 Å². The highest BCUT2D eigenvalue weighted by molar-refractivity contribution is 5.93. The van der Waals surface area contributed by atoms with Gasteiger partial charge >= 0.3 is 17.9 Å². The van der Waals surface area contributed by atoms with E-state index in [-0.39, 0.29) is 18.2 Å². The Bertz CT molecular complexity index is 512. The number of hydrogen-bond donors (Lipinski definition) is 8. The Labute approximate surface area is 169 Å². The van der Waals surface area contributed by atoms with E-state index in [0.29, 0.717) is 32.4 Å². The minimum atomic E-state index is -1.06. The molecular weight excluding hydrogens is 388 g/mol. The second-order valence-corrected chi connectivity index (χ2v) is 5.90. The van der Waals surface area contributed by atoms with Gasteiger partial charge in [-0.3, -0.25) is 24.2 Å². The number of ketones is 1. The molecule has 170 valence electrons. The fraction of sp³-hybridized carbons (Fsp3) is 0.688. The number of guanidine groups is 1. The number of hydrogen-bond acceptors (Lipinski definition) is 8. The number of carboxylic acid groups (broad SMARTS) is 3. The molecule has 13 N–H and O–H groups in total. The van der Waals surface area contributed by atoms with Gasteiger partial charge in [-0.05, 0) is 39.2 Å². The van der Waals surface area contributed by atoms with Crippen molar-refractivity contribution in [2.45, 2.75) is 57.5 Å². The second kappa shape index (κ2) is 20.0. The van der Waals surface area contributed by atoms with Crippen LogP contribution in [0.2, 0.25) is 0 Å². The molecule has 0 radical (unpaired) electrons. The van der Waals surface area contributed by atoms with Gasteiger partial charge in [0.2, 0.25) is 0 Å². The topological polar surface area (TPSA) is 271 Å². The highest BCUT2D eigenvalue weighted by Gasteiger charge is 2.10. The lowest BCUT2D eigenvalue weighted by Crippen LogP contribution is -2.30. The van der Waals surface area contributed by atoms with Gasteiger partial charge in [0, 0.05) is 6.54 Å². The van der Waals surface area contributed by atoms with Gasteiger partial charge in [0.25, 0.3) is 0 Å².